The number of rotatable bonds is 13. The predicted molar refractivity (Wildman–Crippen MR) is 130 cm³/mol. The fraction of sp³-hybridized carbons (Fsp3) is 0.333. The Morgan fingerprint density at radius 2 is 1.32 bits per heavy atom. The van der Waals surface area contributed by atoms with E-state index in [4.69, 9.17) is 22.6 Å². The second-order valence-electron chi connectivity index (χ2n) is 7.99. The van der Waals surface area contributed by atoms with Crippen molar-refractivity contribution in [1.82, 2.24) is 16.0 Å². The van der Waals surface area contributed by atoms with E-state index in [0.717, 1.165) is 11.1 Å². The molecule has 0 aliphatic carbocycles. The third-order valence-electron chi connectivity index (χ3n) is 5.20. The lowest BCUT2D eigenvalue weighted by Crippen LogP contribution is -2.56. The van der Waals surface area contributed by atoms with Gasteiger partial charge in [0.25, 0.3) is 0 Å². The minimum atomic E-state index is -0.944. The molecular formula is C24H33N7O3. The summed E-state index contributed by atoms with van der Waals surface area (Å²) >= 11 is 0. The average Bonchev–Trinajstić information content (AvgIpc) is 2.81. The zero-order valence-electron chi connectivity index (χ0n) is 19.0. The summed E-state index contributed by atoms with van der Waals surface area (Å²) < 4.78 is 0. The molecule has 2 rings (SSSR count). The highest BCUT2D eigenvalue weighted by Gasteiger charge is 2.27. The van der Waals surface area contributed by atoms with Crippen LogP contribution in [0.4, 0.5) is 0 Å². The van der Waals surface area contributed by atoms with Crippen molar-refractivity contribution in [1.29, 1.82) is 5.41 Å². The molecule has 0 fully saturated rings. The van der Waals surface area contributed by atoms with Gasteiger partial charge in [0.2, 0.25) is 17.7 Å². The Balaban J connectivity index is 2.05. The molecule has 10 nitrogen and oxygen atoms in total. The van der Waals surface area contributed by atoms with E-state index >= 15 is 0 Å². The van der Waals surface area contributed by atoms with E-state index in [0.29, 0.717) is 19.4 Å². The molecule has 2 aromatic rings. The third-order valence-corrected chi connectivity index (χ3v) is 5.20. The summed E-state index contributed by atoms with van der Waals surface area (Å²) in [5, 5.41) is 15.2. The van der Waals surface area contributed by atoms with Gasteiger partial charge in [-0.2, -0.15) is 0 Å². The van der Waals surface area contributed by atoms with Crippen LogP contribution < -0.4 is 33.2 Å². The molecule has 0 radical (unpaired) electrons. The van der Waals surface area contributed by atoms with Gasteiger partial charge >= 0.3 is 0 Å². The van der Waals surface area contributed by atoms with Gasteiger partial charge in [0.05, 0.1) is 6.04 Å². The molecule has 0 aliphatic rings. The Hall–Kier alpha value is -3.92. The summed E-state index contributed by atoms with van der Waals surface area (Å²) in [6.45, 7) is 0.342. The number of nitrogens with two attached hydrogens (primary N) is 3. The van der Waals surface area contributed by atoms with Gasteiger partial charge in [-0.05, 0) is 30.4 Å². The van der Waals surface area contributed by atoms with E-state index in [1.807, 2.05) is 60.7 Å². The number of nitrogens with one attached hydrogen (secondary N) is 4. The van der Waals surface area contributed by atoms with Crippen molar-refractivity contribution in [3.8, 4) is 0 Å². The molecule has 10 heteroatoms. The van der Waals surface area contributed by atoms with E-state index < -0.39 is 35.8 Å². The molecule has 3 atom stereocenters. The van der Waals surface area contributed by atoms with Gasteiger partial charge in [-0.25, -0.2) is 0 Å². The molecule has 0 bridgehead atoms. The molecule has 0 aliphatic heterocycles. The van der Waals surface area contributed by atoms with Gasteiger partial charge in [0.1, 0.15) is 12.1 Å². The van der Waals surface area contributed by atoms with Crippen LogP contribution in [0, 0.1) is 5.41 Å². The normalized spacial score (nSPS) is 13.2. The van der Waals surface area contributed by atoms with E-state index in [2.05, 4.69) is 16.0 Å². The molecule has 2 aromatic carbocycles. The van der Waals surface area contributed by atoms with Gasteiger partial charge in [0, 0.05) is 13.0 Å². The molecular weight excluding hydrogens is 434 g/mol. The maximum absolute atomic E-state index is 13.0. The fourth-order valence-corrected chi connectivity index (χ4v) is 3.38. The summed E-state index contributed by atoms with van der Waals surface area (Å²) in [4.78, 5) is 37.8. The van der Waals surface area contributed by atoms with Gasteiger partial charge in [-0.15, -0.1) is 0 Å². The first-order chi connectivity index (χ1) is 16.3. The second-order valence-corrected chi connectivity index (χ2v) is 7.99. The van der Waals surface area contributed by atoms with E-state index in [9.17, 15) is 14.4 Å². The van der Waals surface area contributed by atoms with E-state index in [-0.39, 0.29) is 18.8 Å². The highest BCUT2D eigenvalue weighted by Crippen LogP contribution is 2.06. The molecule has 10 N–H and O–H groups in total. The first-order valence-corrected chi connectivity index (χ1v) is 11.1. The number of benzene rings is 2. The van der Waals surface area contributed by atoms with Crippen LogP contribution in [0.25, 0.3) is 0 Å². The number of hydrogen-bond donors (Lipinski definition) is 7. The molecule has 0 saturated heterocycles. The number of guanidine groups is 1. The monoisotopic (exact) mass is 467 g/mol. The predicted octanol–water partition coefficient (Wildman–Crippen LogP) is -0.483. The standard InChI is InChI=1S/C24H33N7O3/c25-18(14-16-8-3-1-4-9-16)22(33)30-19(12-7-13-29-24(27)28)23(34)31-20(21(26)32)15-17-10-5-2-6-11-17/h1-6,8-11,18-20H,7,12-15,25H2,(H2,26,32)(H,30,33)(H,31,34)(H4,27,28,29). The van der Waals surface area contributed by atoms with Crippen LogP contribution in [0.2, 0.25) is 0 Å². The average molecular weight is 468 g/mol. The molecule has 0 heterocycles. The minimum absolute atomic E-state index is 0.188. The highest BCUT2D eigenvalue weighted by molar-refractivity contribution is 5.92. The molecule has 3 unspecified atom stereocenters. The molecule has 0 spiro atoms. The van der Waals surface area contributed by atoms with Crippen LogP contribution in [-0.2, 0) is 27.2 Å². The first kappa shape index (κ1) is 26.3. The Labute approximate surface area is 199 Å². The zero-order valence-corrected chi connectivity index (χ0v) is 19.0. The smallest absolute Gasteiger partial charge is 0.243 e. The fourth-order valence-electron chi connectivity index (χ4n) is 3.38. The van der Waals surface area contributed by atoms with Crippen LogP contribution in [-0.4, -0.2) is 48.4 Å². The van der Waals surface area contributed by atoms with Crippen molar-refractivity contribution in [3.63, 3.8) is 0 Å². The maximum atomic E-state index is 13.0. The number of amides is 3. The molecule has 3 amide bonds. The van der Waals surface area contributed by atoms with Gasteiger partial charge in [-0.3, -0.25) is 19.8 Å². The van der Waals surface area contributed by atoms with Gasteiger partial charge < -0.3 is 33.2 Å². The quantitative estimate of drug-likeness (QED) is 0.118. The van der Waals surface area contributed by atoms with E-state index in [1.54, 1.807) is 0 Å². The van der Waals surface area contributed by atoms with Gasteiger partial charge in [0.15, 0.2) is 5.96 Å². The van der Waals surface area contributed by atoms with Crippen molar-refractivity contribution in [2.24, 2.45) is 17.2 Å². The number of primary amides is 1. The maximum Gasteiger partial charge on any atom is 0.243 e. The molecule has 0 saturated carbocycles. The van der Waals surface area contributed by atoms with Crippen molar-refractivity contribution < 1.29 is 14.4 Å². The lowest BCUT2D eigenvalue weighted by atomic mass is 10.0. The van der Waals surface area contributed by atoms with E-state index in [1.165, 1.54) is 0 Å². The number of carbonyl (C=O) groups is 3. The first-order valence-electron chi connectivity index (χ1n) is 11.1. The topological polar surface area (TPSA) is 189 Å². The zero-order chi connectivity index (χ0) is 24.9. The van der Waals surface area contributed by atoms with Crippen LogP contribution in [0.1, 0.15) is 24.0 Å². The van der Waals surface area contributed by atoms with Crippen LogP contribution in [0.3, 0.4) is 0 Å². The summed E-state index contributed by atoms with van der Waals surface area (Å²) in [6.07, 6.45) is 1.21. The Morgan fingerprint density at radius 1 is 0.794 bits per heavy atom. The van der Waals surface area contributed by atoms with Crippen LogP contribution in [0.15, 0.2) is 60.7 Å². The van der Waals surface area contributed by atoms with Crippen LogP contribution >= 0.6 is 0 Å². The number of hydrogen-bond acceptors (Lipinski definition) is 5. The highest BCUT2D eigenvalue weighted by atomic mass is 16.2. The Kier molecular flexibility index (Phi) is 10.5. The largest absolute Gasteiger partial charge is 0.370 e. The lowest BCUT2D eigenvalue weighted by Gasteiger charge is -2.23. The van der Waals surface area contributed by atoms with Crippen molar-refractivity contribution in [2.45, 2.75) is 43.8 Å². The van der Waals surface area contributed by atoms with Crippen molar-refractivity contribution in [2.75, 3.05) is 6.54 Å². The van der Waals surface area contributed by atoms with Crippen molar-refractivity contribution >= 4 is 23.7 Å². The summed E-state index contributed by atoms with van der Waals surface area (Å²) in [7, 11) is 0. The summed E-state index contributed by atoms with van der Waals surface area (Å²) in [5.41, 5.74) is 18.6. The van der Waals surface area contributed by atoms with Gasteiger partial charge in [-0.1, -0.05) is 60.7 Å². The summed E-state index contributed by atoms with van der Waals surface area (Å²) in [5.74, 6) is -1.89. The minimum Gasteiger partial charge on any atom is -0.370 e. The molecule has 0 aromatic heterocycles. The summed E-state index contributed by atoms with van der Waals surface area (Å²) in [6, 6.07) is 15.7. The Morgan fingerprint density at radius 3 is 1.85 bits per heavy atom. The SMILES string of the molecule is N=C(N)NCCCC(NC(=O)C(N)Cc1ccccc1)C(=O)NC(Cc1ccccc1)C(N)=O. The third kappa shape index (κ3) is 9.29. The second kappa shape index (κ2) is 13.6. The Bertz CT molecular complexity index is 954. The van der Waals surface area contributed by atoms with Crippen molar-refractivity contribution in [3.05, 3.63) is 71.8 Å². The molecule has 34 heavy (non-hydrogen) atoms. The molecule has 182 valence electrons. The number of carbonyl (C=O) groups excluding carboxylic acids is 3. The van der Waals surface area contributed by atoms with Crippen LogP contribution in [0.5, 0.6) is 0 Å². The lowest BCUT2D eigenvalue weighted by molar-refractivity contribution is -0.131.